The number of halogens is 2. The first kappa shape index (κ1) is 17.6. The first-order valence-electron chi connectivity index (χ1n) is 9.40. The van der Waals surface area contributed by atoms with Gasteiger partial charge in [0.25, 0.3) is 0 Å². The normalized spacial score (nSPS) is 21.7. The van der Waals surface area contributed by atoms with Crippen LogP contribution in [0.2, 0.25) is 0 Å². The van der Waals surface area contributed by atoms with E-state index in [2.05, 4.69) is 17.0 Å². The second-order valence-corrected chi connectivity index (χ2v) is 7.91. The van der Waals surface area contributed by atoms with Crippen LogP contribution in [0.5, 0.6) is 0 Å². The molecule has 4 rings (SSSR count). The molecule has 2 nitrogen and oxygen atoms in total. The van der Waals surface area contributed by atoms with Crippen LogP contribution in [0.3, 0.4) is 0 Å². The lowest BCUT2D eigenvalue weighted by molar-refractivity contribution is -0.0401. The quantitative estimate of drug-likeness (QED) is 0.840. The van der Waals surface area contributed by atoms with E-state index in [9.17, 15) is 13.9 Å². The van der Waals surface area contributed by atoms with Crippen molar-refractivity contribution >= 4 is 0 Å². The summed E-state index contributed by atoms with van der Waals surface area (Å²) in [5.41, 5.74) is 1.58. The highest BCUT2D eigenvalue weighted by Gasteiger charge is 2.52. The predicted octanol–water partition coefficient (Wildman–Crippen LogP) is 4.68. The van der Waals surface area contributed by atoms with Gasteiger partial charge < -0.3 is 10.0 Å². The fourth-order valence-corrected chi connectivity index (χ4v) is 4.02. The maximum absolute atomic E-state index is 13.1. The third kappa shape index (κ3) is 3.40. The molecule has 2 aromatic carbocycles. The molecule has 0 bridgehead atoms. The molecular formula is C22H25F2NO. The molecule has 1 aliphatic carbocycles. The van der Waals surface area contributed by atoms with Crippen LogP contribution in [-0.2, 0) is 5.60 Å². The smallest absolute Gasteiger partial charge is 0.245 e. The Bertz CT molecular complexity index is 732. The van der Waals surface area contributed by atoms with Gasteiger partial charge in [-0.2, -0.15) is 0 Å². The van der Waals surface area contributed by atoms with E-state index in [-0.39, 0.29) is 0 Å². The number of benzene rings is 2. The number of rotatable bonds is 5. The van der Waals surface area contributed by atoms with Crippen LogP contribution in [0, 0.1) is 5.41 Å². The maximum atomic E-state index is 13.1. The molecule has 4 heteroatoms. The highest BCUT2D eigenvalue weighted by Crippen LogP contribution is 2.51. The van der Waals surface area contributed by atoms with Crippen molar-refractivity contribution < 1.29 is 13.9 Å². The second-order valence-electron chi connectivity index (χ2n) is 7.91. The first-order chi connectivity index (χ1) is 12.5. The van der Waals surface area contributed by atoms with Crippen LogP contribution in [0.4, 0.5) is 8.78 Å². The van der Waals surface area contributed by atoms with Gasteiger partial charge in [0.2, 0.25) is 6.43 Å². The van der Waals surface area contributed by atoms with E-state index in [1.165, 1.54) is 0 Å². The van der Waals surface area contributed by atoms with Gasteiger partial charge in [0.1, 0.15) is 0 Å². The lowest BCUT2D eigenvalue weighted by Gasteiger charge is -2.40. The van der Waals surface area contributed by atoms with Gasteiger partial charge in [-0.3, -0.25) is 0 Å². The number of piperidine rings is 1. The molecule has 0 unspecified atom stereocenters. The summed E-state index contributed by atoms with van der Waals surface area (Å²) in [5, 5.41) is 11.1. The van der Waals surface area contributed by atoms with Gasteiger partial charge >= 0.3 is 0 Å². The van der Waals surface area contributed by atoms with Gasteiger partial charge in [-0.1, -0.05) is 54.6 Å². The average Bonchev–Trinajstić information content (AvgIpc) is 3.46. The molecule has 2 aromatic rings. The summed E-state index contributed by atoms with van der Waals surface area (Å²) in [5.74, 6) is 0. The van der Waals surface area contributed by atoms with E-state index in [1.807, 2.05) is 42.5 Å². The number of hydrogen-bond acceptors (Lipinski definition) is 2. The monoisotopic (exact) mass is 357 g/mol. The van der Waals surface area contributed by atoms with E-state index in [0.29, 0.717) is 45.3 Å². The number of alkyl halides is 2. The van der Waals surface area contributed by atoms with E-state index >= 15 is 0 Å². The van der Waals surface area contributed by atoms with E-state index in [0.717, 1.165) is 16.7 Å². The molecule has 1 saturated carbocycles. The minimum atomic E-state index is -2.23. The maximum Gasteiger partial charge on any atom is 0.245 e. The standard InChI is InChI=1S/C22H25F2NO/c23-20(24)21(10-11-21)16-25-14-12-22(26,13-15-25)19-8-6-18(7-9-19)17-4-2-1-3-5-17/h1-9,20,26H,10-16H2. The third-order valence-corrected chi connectivity index (χ3v) is 6.11. The molecular weight excluding hydrogens is 332 g/mol. The van der Waals surface area contributed by atoms with Crippen molar-refractivity contribution in [2.45, 2.75) is 37.7 Å². The van der Waals surface area contributed by atoms with Gasteiger partial charge in [0.15, 0.2) is 0 Å². The Morgan fingerprint density at radius 2 is 1.42 bits per heavy atom. The summed E-state index contributed by atoms with van der Waals surface area (Å²) in [4.78, 5) is 2.10. The molecule has 26 heavy (non-hydrogen) atoms. The number of hydrogen-bond donors (Lipinski definition) is 1. The summed E-state index contributed by atoms with van der Waals surface area (Å²) in [6.07, 6.45) is 0.223. The highest BCUT2D eigenvalue weighted by molar-refractivity contribution is 5.63. The van der Waals surface area contributed by atoms with Crippen LogP contribution in [0.25, 0.3) is 11.1 Å². The van der Waals surface area contributed by atoms with Crippen molar-refractivity contribution in [2.75, 3.05) is 19.6 Å². The molecule has 1 aliphatic heterocycles. The molecule has 1 saturated heterocycles. The predicted molar refractivity (Wildman–Crippen MR) is 99.1 cm³/mol. The third-order valence-electron chi connectivity index (χ3n) is 6.11. The van der Waals surface area contributed by atoms with Crippen molar-refractivity contribution in [2.24, 2.45) is 5.41 Å². The van der Waals surface area contributed by atoms with Crippen LogP contribution in [-0.4, -0.2) is 36.1 Å². The van der Waals surface area contributed by atoms with Crippen molar-refractivity contribution in [3.05, 3.63) is 60.2 Å². The highest BCUT2D eigenvalue weighted by atomic mass is 19.3. The molecule has 0 amide bonds. The zero-order valence-corrected chi connectivity index (χ0v) is 14.9. The van der Waals surface area contributed by atoms with E-state index in [4.69, 9.17) is 0 Å². The fourth-order valence-electron chi connectivity index (χ4n) is 4.02. The number of nitrogens with zero attached hydrogens (tertiary/aromatic N) is 1. The Balaban J connectivity index is 1.41. The Labute approximate surface area is 153 Å². The summed E-state index contributed by atoms with van der Waals surface area (Å²) < 4.78 is 26.3. The summed E-state index contributed by atoms with van der Waals surface area (Å²) >= 11 is 0. The molecule has 2 fully saturated rings. The summed E-state index contributed by atoms with van der Waals surface area (Å²) in [6.45, 7) is 1.81. The summed E-state index contributed by atoms with van der Waals surface area (Å²) in [6, 6.07) is 18.2. The Morgan fingerprint density at radius 3 is 1.96 bits per heavy atom. The minimum absolute atomic E-state index is 0.466. The molecule has 0 aromatic heterocycles. The van der Waals surface area contributed by atoms with Gasteiger partial charge in [0, 0.05) is 25.0 Å². The topological polar surface area (TPSA) is 23.5 Å². The zero-order valence-electron chi connectivity index (χ0n) is 14.9. The fraction of sp³-hybridized carbons (Fsp3) is 0.455. The van der Waals surface area contributed by atoms with Gasteiger partial charge in [0.05, 0.1) is 5.60 Å². The lowest BCUT2D eigenvalue weighted by Crippen LogP contribution is -2.45. The van der Waals surface area contributed by atoms with Crippen LogP contribution in [0.1, 0.15) is 31.2 Å². The van der Waals surface area contributed by atoms with Crippen molar-refractivity contribution in [3.63, 3.8) is 0 Å². The number of aliphatic hydroxyl groups is 1. The van der Waals surface area contributed by atoms with E-state index < -0.39 is 17.4 Å². The molecule has 1 N–H and O–H groups in total. The van der Waals surface area contributed by atoms with Crippen LogP contribution in [0.15, 0.2) is 54.6 Å². The molecule has 0 spiro atoms. The Kier molecular flexibility index (Phi) is 4.57. The molecule has 138 valence electrons. The molecule has 0 radical (unpaired) electrons. The number of likely N-dealkylation sites (tertiary alicyclic amines) is 1. The minimum Gasteiger partial charge on any atom is -0.385 e. The van der Waals surface area contributed by atoms with Crippen molar-refractivity contribution in [1.82, 2.24) is 4.90 Å². The molecule has 0 atom stereocenters. The molecule has 1 heterocycles. The Hall–Kier alpha value is -1.78. The zero-order chi connectivity index (χ0) is 18.2. The van der Waals surface area contributed by atoms with Gasteiger partial charge in [-0.05, 0) is 42.4 Å². The van der Waals surface area contributed by atoms with Gasteiger partial charge in [-0.25, -0.2) is 8.78 Å². The van der Waals surface area contributed by atoms with Crippen LogP contribution >= 0.6 is 0 Å². The first-order valence-corrected chi connectivity index (χ1v) is 9.40. The average molecular weight is 357 g/mol. The summed E-state index contributed by atoms with van der Waals surface area (Å²) in [7, 11) is 0. The van der Waals surface area contributed by atoms with Gasteiger partial charge in [-0.15, -0.1) is 0 Å². The second kappa shape index (κ2) is 6.75. The van der Waals surface area contributed by atoms with Crippen molar-refractivity contribution in [1.29, 1.82) is 0 Å². The van der Waals surface area contributed by atoms with E-state index in [1.54, 1.807) is 0 Å². The largest absolute Gasteiger partial charge is 0.385 e. The Morgan fingerprint density at radius 1 is 0.846 bits per heavy atom. The van der Waals surface area contributed by atoms with Crippen molar-refractivity contribution in [3.8, 4) is 11.1 Å². The SMILES string of the molecule is OC1(c2ccc(-c3ccccc3)cc2)CCN(CC2(C(F)F)CC2)CC1. The van der Waals surface area contributed by atoms with Crippen LogP contribution < -0.4 is 0 Å². The molecule has 2 aliphatic rings. The lowest BCUT2D eigenvalue weighted by atomic mass is 9.83.